The fourth-order valence-electron chi connectivity index (χ4n) is 2.97. The van der Waals surface area contributed by atoms with Gasteiger partial charge in [0, 0.05) is 43.3 Å². The summed E-state index contributed by atoms with van der Waals surface area (Å²) in [6.07, 6.45) is -1.63. The summed E-state index contributed by atoms with van der Waals surface area (Å²) < 4.78 is 65.4. The van der Waals surface area contributed by atoms with Gasteiger partial charge < -0.3 is 16.4 Å². The molecule has 2 aromatic heterocycles. The summed E-state index contributed by atoms with van der Waals surface area (Å²) in [6, 6.07) is 9.97. The third-order valence-electron chi connectivity index (χ3n) is 4.90. The van der Waals surface area contributed by atoms with Gasteiger partial charge in [-0.3, -0.25) is 4.31 Å². The molecule has 13 heteroatoms. The second-order valence-corrected chi connectivity index (χ2v) is 9.57. The van der Waals surface area contributed by atoms with E-state index in [0.717, 1.165) is 16.1 Å². The lowest BCUT2D eigenvalue weighted by Gasteiger charge is -2.20. The van der Waals surface area contributed by atoms with Crippen LogP contribution in [0.1, 0.15) is 29.7 Å². The average Bonchev–Trinajstić information content (AvgIpc) is 2.76. The van der Waals surface area contributed by atoms with Gasteiger partial charge in [0.1, 0.15) is 17.2 Å². The van der Waals surface area contributed by atoms with Crippen molar-refractivity contribution in [3.05, 3.63) is 65.5 Å². The quantitative estimate of drug-likeness (QED) is 0.432. The van der Waals surface area contributed by atoms with E-state index in [2.05, 4.69) is 25.6 Å². The van der Waals surface area contributed by atoms with Crippen LogP contribution in [-0.2, 0) is 22.7 Å². The van der Waals surface area contributed by atoms with Gasteiger partial charge in [0.2, 0.25) is 16.0 Å². The van der Waals surface area contributed by atoms with Gasteiger partial charge in [-0.1, -0.05) is 18.2 Å². The molecule has 4 N–H and O–H groups in total. The van der Waals surface area contributed by atoms with E-state index in [1.54, 1.807) is 36.4 Å². The number of nitrogens with two attached hydrogens (primary N) is 1. The second-order valence-electron chi connectivity index (χ2n) is 7.56. The Morgan fingerprint density at radius 2 is 1.82 bits per heavy atom. The minimum atomic E-state index is -4.71. The van der Waals surface area contributed by atoms with Crippen molar-refractivity contribution < 1.29 is 21.6 Å². The first-order valence-corrected chi connectivity index (χ1v) is 11.9. The van der Waals surface area contributed by atoms with Crippen molar-refractivity contribution in [2.75, 3.05) is 28.2 Å². The molecule has 2 heterocycles. The Kier molecular flexibility index (Phi) is 7.26. The number of nitrogens with one attached hydrogen (secondary N) is 2. The highest BCUT2D eigenvalue weighted by Gasteiger charge is 2.35. The molecule has 1 atom stereocenters. The fraction of sp³-hybridized carbons (Fsp3) is 0.286. The third-order valence-corrected chi connectivity index (χ3v) is 6.06. The molecule has 3 rings (SSSR count). The van der Waals surface area contributed by atoms with Gasteiger partial charge in [-0.2, -0.15) is 18.2 Å². The van der Waals surface area contributed by atoms with E-state index in [9.17, 15) is 21.6 Å². The molecule has 0 unspecified atom stereocenters. The minimum absolute atomic E-state index is 0.0521. The molecule has 0 spiro atoms. The van der Waals surface area contributed by atoms with Crippen LogP contribution in [0.4, 0.5) is 36.4 Å². The first-order chi connectivity index (χ1) is 15.9. The van der Waals surface area contributed by atoms with Crippen molar-refractivity contribution in [3.8, 4) is 0 Å². The topological polar surface area (TPSA) is 126 Å². The first kappa shape index (κ1) is 25.2. The molecule has 0 saturated heterocycles. The van der Waals surface area contributed by atoms with Gasteiger partial charge >= 0.3 is 6.18 Å². The highest BCUT2D eigenvalue weighted by Crippen LogP contribution is 2.34. The van der Waals surface area contributed by atoms with E-state index in [1.807, 2.05) is 6.92 Å². The van der Waals surface area contributed by atoms with Crippen LogP contribution in [-0.4, -0.2) is 36.7 Å². The molecule has 182 valence electrons. The first-order valence-electron chi connectivity index (χ1n) is 10.0. The van der Waals surface area contributed by atoms with Gasteiger partial charge in [-0.25, -0.2) is 18.4 Å². The number of halogens is 3. The van der Waals surface area contributed by atoms with E-state index in [-0.39, 0.29) is 24.4 Å². The van der Waals surface area contributed by atoms with Crippen molar-refractivity contribution in [1.82, 2.24) is 15.0 Å². The fourth-order valence-corrected chi connectivity index (χ4v) is 3.45. The maximum Gasteiger partial charge on any atom is 0.421 e. The average molecular weight is 496 g/mol. The Bertz CT molecular complexity index is 1250. The number of alkyl halides is 3. The molecule has 1 aromatic carbocycles. The van der Waals surface area contributed by atoms with Crippen molar-refractivity contribution in [1.29, 1.82) is 0 Å². The molecule has 0 saturated carbocycles. The SMILES string of the molecule is C[C@H](N)c1ccc(Nc2ncc(C(F)(F)F)c(NCc3cccnc3N(C)S(C)(=O)=O)n2)cc1. The number of nitrogens with zero attached hydrogens (tertiary/aromatic N) is 4. The molecular formula is C21H24F3N7O2S. The molecular weight excluding hydrogens is 471 g/mol. The molecule has 34 heavy (non-hydrogen) atoms. The number of anilines is 4. The van der Waals surface area contributed by atoms with Crippen molar-refractivity contribution in [2.45, 2.75) is 25.7 Å². The molecule has 0 amide bonds. The normalized spacial score (nSPS) is 12.8. The lowest BCUT2D eigenvalue weighted by Crippen LogP contribution is -2.27. The zero-order chi connectivity index (χ0) is 25.1. The molecule has 0 aliphatic rings. The predicted molar refractivity (Wildman–Crippen MR) is 124 cm³/mol. The second kappa shape index (κ2) is 9.81. The highest BCUT2D eigenvalue weighted by molar-refractivity contribution is 7.92. The van der Waals surface area contributed by atoms with Gasteiger partial charge in [0.05, 0.1) is 6.26 Å². The van der Waals surface area contributed by atoms with Crippen LogP contribution in [0.25, 0.3) is 0 Å². The smallest absolute Gasteiger partial charge is 0.365 e. The largest absolute Gasteiger partial charge is 0.421 e. The summed E-state index contributed by atoms with van der Waals surface area (Å²) in [5.74, 6) is -0.426. The van der Waals surface area contributed by atoms with Gasteiger partial charge in [-0.15, -0.1) is 0 Å². The molecule has 0 fully saturated rings. The summed E-state index contributed by atoms with van der Waals surface area (Å²) in [5, 5.41) is 5.51. The van der Waals surface area contributed by atoms with Crippen LogP contribution < -0.4 is 20.7 Å². The van der Waals surface area contributed by atoms with E-state index < -0.39 is 27.6 Å². The molecule has 0 radical (unpaired) electrons. The maximum atomic E-state index is 13.6. The number of hydrogen-bond donors (Lipinski definition) is 3. The minimum Gasteiger partial charge on any atom is -0.365 e. The predicted octanol–water partition coefficient (Wildman–Crippen LogP) is 3.66. The number of hydrogen-bond acceptors (Lipinski definition) is 8. The van der Waals surface area contributed by atoms with Crippen LogP contribution >= 0.6 is 0 Å². The lowest BCUT2D eigenvalue weighted by molar-refractivity contribution is -0.137. The van der Waals surface area contributed by atoms with E-state index in [0.29, 0.717) is 17.4 Å². The number of sulfonamides is 1. The van der Waals surface area contributed by atoms with E-state index in [4.69, 9.17) is 5.73 Å². The zero-order valence-electron chi connectivity index (χ0n) is 18.6. The van der Waals surface area contributed by atoms with Crippen LogP contribution in [0.2, 0.25) is 0 Å². The van der Waals surface area contributed by atoms with E-state index >= 15 is 0 Å². The monoisotopic (exact) mass is 495 g/mol. The van der Waals surface area contributed by atoms with Crippen LogP contribution in [0.5, 0.6) is 0 Å². The number of benzene rings is 1. The molecule has 0 bridgehead atoms. The van der Waals surface area contributed by atoms with Crippen molar-refractivity contribution in [3.63, 3.8) is 0 Å². The lowest BCUT2D eigenvalue weighted by atomic mass is 10.1. The highest BCUT2D eigenvalue weighted by atomic mass is 32.2. The number of pyridine rings is 1. The maximum absolute atomic E-state index is 13.6. The summed E-state index contributed by atoms with van der Waals surface area (Å²) in [5.41, 5.74) is 6.59. The Labute approximate surface area is 195 Å². The summed E-state index contributed by atoms with van der Waals surface area (Å²) in [4.78, 5) is 11.8. The van der Waals surface area contributed by atoms with Crippen molar-refractivity contribution in [2.24, 2.45) is 5.73 Å². The summed E-state index contributed by atoms with van der Waals surface area (Å²) in [7, 11) is -2.31. The Balaban J connectivity index is 1.89. The number of rotatable bonds is 8. The van der Waals surface area contributed by atoms with E-state index in [1.165, 1.54) is 13.2 Å². The van der Waals surface area contributed by atoms with Gasteiger partial charge in [0.25, 0.3) is 0 Å². The number of aromatic nitrogens is 3. The van der Waals surface area contributed by atoms with Crippen LogP contribution in [0, 0.1) is 0 Å². The van der Waals surface area contributed by atoms with Crippen LogP contribution in [0.15, 0.2) is 48.8 Å². The third kappa shape index (κ3) is 6.11. The standard InChI is InChI=1S/C21H24F3N7O2S/c1-13(25)14-6-8-16(9-7-14)29-20-28-12-17(21(22,23)24)18(30-20)27-11-15-5-4-10-26-19(15)31(2)34(3,32)33/h4-10,12-13H,11,25H2,1-3H3,(H2,27,28,29,30)/t13-/m0/s1. The molecule has 0 aliphatic heterocycles. The van der Waals surface area contributed by atoms with Gasteiger partial charge in [0.15, 0.2) is 0 Å². The zero-order valence-corrected chi connectivity index (χ0v) is 19.4. The Hall–Kier alpha value is -3.45. The van der Waals surface area contributed by atoms with Gasteiger partial charge in [-0.05, 0) is 30.7 Å². The van der Waals surface area contributed by atoms with Crippen LogP contribution in [0.3, 0.4) is 0 Å². The molecule has 9 nitrogen and oxygen atoms in total. The van der Waals surface area contributed by atoms with Crippen molar-refractivity contribution >= 4 is 33.3 Å². The summed E-state index contributed by atoms with van der Waals surface area (Å²) >= 11 is 0. The molecule has 0 aliphatic carbocycles. The molecule has 3 aromatic rings. The Morgan fingerprint density at radius 3 is 2.41 bits per heavy atom. The Morgan fingerprint density at radius 1 is 1.15 bits per heavy atom. The summed E-state index contributed by atoms with van der Waals surface area (Å²) in [6.45, 7) is 1.67.